The fourth-order valence-corrected chi connectivity index (χ4v) is 4.83. The number of nitrogens with zero attached hydrogens (tertiary/aromatic N) is 4. The van der Waals surface area contributed by atoms with Crippen LogP contribution in [0.15, 0.2) is 57.6 Å². The van der Waals surface area contributed by atoms with Crippen molar-refractivity contribution in [1.29, 1.82) is 0 Å². The van der Waals surface area contributed by atoms with E-state index in [2.05, 4.69) is 42.2 Å². The summed E-state index contributed by atoms with van der Waals surface area (Å²) in [6, 6.07) is 11.7. The molecular formula is C25H25Br2FN4O3. The number of ether oxygens (including phenoxy) is 1. The van der Waals surface area contributed by atoms with Crippen LogP contribution in [0.3, 0.4) is 0 Å². The third kappa shape index (κ3) is 6.05. The topological polar surface area (TPSA) is 77.3 Å². The maximum absolute atomic E-state index is 14.4. The second-order valence-electron chi connectivity index (χ2n) is 8.65. The van der Waals surface area contributed by atoms with Crippen LogP contribution in [0.5, 0.6) is 0 Å². The first-order valence-electron chi connectivity index (χ1n) is 11.3. The molecule has 7 nitrogen and oxygen atoms in total. The number of Topliss-reactive ketones (excluding diaryl/α,β-unsaturated/α-hetero) is 1. The van der Waals surface area contributed by atoms with Crippen molar-refractivity contribution in [2.45, 2.75) is 32.4 Å². The molecule has 35 heavy (non-hydrogen) atoms. The van der Waals surface area contributed by atoms with Crippen LogP contribution in [0.25, 0.3) is 0 Å². The Morgan fingerprint density at radius 1 is 1.17 bits per heavy atom. The van der Waals surface area contributed by atoms with Gasteiger partial charge in [-0.25, -0.2) is 9.07 Å². The highest BCUT2D eigenvalue weighted by Gasteiger charge is 2.31. The van der Waals surface area contributed by atoms with Crippen molar-refractivity contribution in [2.24, 2.45) is 5.92 Å². The lowest BCUT2D eigenvalue weighted by atomic mass is 9.98. The fraction of sp³-hybridized carbons (Fsp3) is 0.360. The summed E-state index contributed by atoms with van der Waals surface area (Å²) >= 11 is 6.64. The number of ketones is 1. The number of morpholine rings is 1. The number of carbonyl (C=O) groups excluding carboxylic acids is 2. The van der Waals surface area contributed by atoms with E-state index >= 15 is 0 Å². The maximum Gasteiger partial charge on any atom is 0.226 e. The Kier molecular flexibility index (Phi) is 8.13. The van der Waals surface area contributed by atoms with Gasteiger partial charge in [0.1, 0.15) is 17.6 Å². The number of carbonyl (C=O) groups is 2. The molecule has 0 radical (unpaired) electrons. The molecule has 4 rings (SSSR count). The van der Waals surface area contributed by atoms with Crippen LogP contribution in [0, 0.1) is 11.7 Å². The highest BCUT2D eigenvalue weighted by atomic mass is 79.9. The highest BCUT2D eigenvalue weighted by molar-refractivity contribution is 9.10. The Morgan fingerprint density at radius 3 is 2.69 bits per heavy atom. The van der Waals surface area contributed by atoms with Crippen molar-refractivity contribution in [3.05, 3.63) is 80.2 Å². The van der Waals surface area contributed by atoms with E-state index in [-0.39, 0.29) is 30.0 Å². The van der Waals surface area contributed by atoms with Gasteiger partial charge in [-0.05, 0) is 31.2 Å². The minimum atomic E-state index is -0.462. The molecule has 0 N–H and O–H groups in total. The lowest BCUT2D eigenvalue weighted by Crippen LogP contribution is -2.44. The molecule has 3 aromatic rings. The third-order valence-electron chi connectivity index (χ3n) is 6.11. The number of hydrogen-bond acceptors (Lipinski definition) is 5. The Morgan fingerprint density at radius 2 is 1.94 bits per heavy atom. The molecule has 1 fully saturated rings. The zero-order valence-corrected chi connectivity index (χ0v) is 22.5. The van der Waals surface area contributed by atoms with E-state index in [4.69, 9.17) is 4.74 Å². The normalized spacial score (nSPS) is 17.7. The van der Waals surface area contributed by atoms with E-state index < -0.39 is 12.0 Å². The second-order valence-corrected chi connectivity index (χ2v) is 10.5. The Bertz CT molecular complexity index is 1230. The van der Waals surface area contributed by atoms with Gasteiger partial charge in [-0.1, -0.05) is 62.2 Å². The molecule has 1 amide bonds. The van der Waals surface area contributed by atoms with Gasteiger partial charge >= 0.3 is 0 Å². The predicted octanol–water partition coefficient (Wildman–Crippen LogP) is 5.36. The van der Waals surface area contributed by atoms with E-state index in [9.17, 15) is 14.0 Å². The van der Waals surface area contributed by atoms with Gasteiger partial charge < -0.3 is 9.64 Å². The number of hydrogen-bond donors (Lipinski definition) is 0. The smallest absolute Gasteiger partial charge is 0.226 e. The zero-order valence-electron chi connectivity index (χ0n) is 19.3. The minimum Gasteiger partial charge on any atom is -0.368 e. The first kappa shape index (κ1) is 25.7. The first-order valence-corrected chi connectivity index (χ1v) is 12.9. The summed E-state index contributed by atoms with van der Waals surface area (Å²) < 4.78 is 23.3. The summed E-state index contributed by atoms with van der Waals surface area (Å²) in [7, 11) is 0. The molecule has 1 aliphatic heterocycles. The summed E-state index contributed by atoms with van der Waals surface area (Å²) in [5, 5.41) is 8.40. The summed E-state index contributed by atoms with van der Waals surface area (Å²) in [5.41, 5.74) is 1.64. The third-order valence-corrected chi connectivity index (χ3v) is 7.09. The molecule has 0 spiro atoms. The van der Waals surface area contributed by atoms with Gasteiger partial charge in [-0.15, -0.1) is 5.10 Å². The first-order chi connectivity index (χ1) is 16.7. The largest absolute Gasteiger partial charge is 0.368 e. The molecule has 1 aliphatic rings. The van der Waals surface area contributed by atoms with Crippen LogP contribution in [-0.4, -0.2) is 51.3 Å². The second kappa shape index (κ2) is 11.1. The summed E-state index contributed by atoms with van der Waals surface area (Å²) in [6.45, 7) is 4.72. The van der Waals surface area contributed by atoms with Crippen molar-refractivity contribution in [2.75, 3.05) is 19.7 Å². The molecule has 10 heteroatoms. The molecule has 2 unspecified atom stereocenters. The molecule has 2 aromatic carbocycles. The SMILES string of the molecule is CC(CC(=O)c1cccc(Br)c1)C(=O)N1CCOC(c2cn([C@@H](C)c3ccc(Br)cc3F)nn2)C1. The lowest BCUT2D eigenvalue weighted by Gasteiger charge is -2.33. The van der Waals surface area contributed by atoms with Gasteiger partial charge in [0, 0.05) is 39.0 Å². The van der Waals surface area contributed by atoms with Gasteiger partial charge in [0.05, 0.1) is 25.4 Å². The van der Waals surface area contributed by atoms with Crippen molar-refractivity contribution < 1.29 is 18.7 Å². The molecule has 0 bridgehead atoms. The Balaban J connectivity index is 1.40. The standard InChI is InChI=1S/C25H25Br2FN4O3/c1-15(10-23(33)17-4-3-5-18(26)11-17)25(34)31-8-9-35-24(14-31)22-13-32(30-29-22)16(2)20-7-6-19(27)12-21(20)28/h3-7,11-13,15-16,24H,8-10,14H2,1-2H3/t15?,16-,24?/m0/s1. The Hall–Kier alpha value is -2.43. The molecule has 0 aliphatic carbocycles. The van der Waals surface area contributed by atoms with Gasteiger partial charge in [-0.3, -0.25) is 9.59 Å². The molecule has 1 aromatic heterocycles. The molecule has 0 saturated carbocycles. The van der Waals surface area contributed by atoms with Crippen LogP contribution in [0.2, 0.25) is 0 Å². The summed E-state index contributed by atoms with van der Waals surface area (Å²) in [6.07, 6.45) is 1.41. The zero-order chi connectivity index (χ0) is 25.1. The van der Waals surface area contributed by atoms with Crippen molar-refractivity contribution in [3.63, 3.8) is 0 Å². The lowest BCUT2D eigenvalue weighted by molar-refractivity contribution is -0.142. The Labute approximate surface area is 219 Å². The van der Waals surface area contributed by atoms with Crippen LogP contribution in [-0.2, 0) is 9.53 Å². The highest BCUT2D eigenvalue weighted by Crippen LogP contribution is 2.27. The van der Waals surface area contributed by atoms with Gasteiger partial charge in [0.25, 0.3) is 0 Å². The van der Waals surface area contributed by atoms with Gasteiger partial charge in [-0.2, -0.15) is 0 Å². The quantitative estimate of drug-likeness (QED) is 0.338. The van der Waals surface area contributed by atoms with E-state index in [0.29, 0.717) is 41.0 Å². The van der Waals surface area contributed by atoms with Crippen LogP contribution in [0.1, 0.15) is 54.0 Å². The average molecular weight is 608 g/mol. The summed E-state index contributed by atoms with van der Waals surface area (Å²) in [4.78, 5) is 27.4. The van der Waals surface area contributed by atoms with E-state index in [1.807, 2.05) is 13.0 Å². The van der Waals surface area contributed by atoms with E-state index in [1.54, 1.807) is 53.0 Å². The predicted molar refractivity (Wildman–Crippen MR) is 135 cm³/mol. The molecule has 184 valence electrons. The molecule has 1 saturated heterocycles. The van der Waals surface area contributed by atoms with Gasteiger partial charge in [0.2, 0.25) is 5.91 Å². The van der Waals surface area contributed by atoms with Crippen molar-refractivity contribution >= 4 is 43.6 Å². The minimum absolute atomic E-state index is 0.0749. The van der Waals surface area contributed by atoms with Crippen LogP contribution in [0.4, 0.5) is 4.39 Å². The van der Waals surface area contributed by atoms with Crippen molar-refractivity contribution in [3.8, 4) is 0 Å². The molecular weight excluding hydrogens is 583 g/mol. The number of rotatable bonds is 7. The van der Waals surface area contributed by atoms with Crippen LogP contribution >= 0.6 is 31.9 Å². The average Bonchev–Trinajstić information content (AvgIpc) is 3.34. The van der Waals surface area contributed by atoms with Crippen LogP contribution < -0.4 is 0 Å². The summed E-state index contributed by atoms with van der Waals surface area (Å²) in [5.74, 6) is -0.967. The fourth-order valence-electron chi connectivity index (χ4n) is 4.10. The number of benzene rings is 2. The molecule has 3 atom stereocenters. The van der Waals surface area contributed by atoms with E-state index in [1.165, 1.54) is 6.07 Å². The maximum atomic E-state index is 14.4. The number of amides is 1. The number of aromatic nitrogens is 3. The number of halogens is 3. The van der Waals surface area contributed by atoms with E-state index in [0.717, 1.165) is 4.47 Å². The van der Waals surface area contributed by atoms with Crippen molar-refractivity contribution in [1.82, 2.24) is 19.9 Å². The molecule has 2 heterocycles. The van der Waals surface area contributed by atoms with Gasteiger partial charge in [0.15, 0.2) is 5.78 Å². The monoisotopic (exact) mass is 606 g/mol.